The molecule has 0 aromatic heterocycles. The third kappa shape index (κ3) is 4.94. The first kappa shape index (κ1) is 22.7. The number of halogens is 1. The third-order valence-corrected chi connectivity index (χ3v) is 6.79. The highest BCUT2D eigenvalue weighted by Gasteiger charge is 2.44. The van der Waals surface area contributed by atoms with Crippen molar-refractivity contribution in [3.63, 3.8) is 0 Å². The van der Waals surface area contributed by atoms with E-state index in [1.54, 1.807) is 13.2 Å². The Morgan fingerprint density at radius 1 is 1.31 bits per heavy atom. The van der Waals surface area contributed by atoms with Crippen molar-refractivity contribution in [2.75, 3.05) is 33.4 Å². The molecule has 9 heteroatoms. The van der Waals surface area contributed by atoms with Gasteiger partial charge < -0.3 is 20.3 Å². The van der Waals surface area contributed by atoms with Crippen molar-refractivity contribution < 1.29 is 23.5 Å². The van der Waals surface area contributed by atoms with Gasteiger partial charge in [-0.2, -0.15) is 0 Å². The fourth-order valence-electron chi connectivity index (χ4n) is 5.21. The molecule has 1 aromatic rings. The zero-order valence-corrected chi connectivity index (χ0v) is 18.4. The minimum Gasteiger partial charge on any atom is -0.383 e. The largest absolute Gasteiger partial charge is 0.383 e. The molecule has 3 aliphatic heterocycles. The van der Waals surface area contributed by atoms with Gasteiger partial charge in [-0.3, -0.25) is 19.3 Å². The van der Waals surface area contributed by atoms with Gasteiger partial charge in [-0.15, -0.1) is 0 Å². The van der Waals surface area contributed by atoms with E-state index in [-0.39, 0.29) is 47.5 Å². The van der Waals surface area contributed by atoms with Gasteiger partial charge in [0.1, 0.15) is 5.82 Å². The highest BCUT2D eigenvalue weighted by molar-refractivity contribution is 5.94. The van der Waals surface area contributed by atoms with Crippen molar-refractivity contribution in [1.29, 1.82) is 0 Å². The van der Waals surface area contributed by atoms with E-state index in [9.17, 15) is 18.8 Å². The number of likely N-dealkylation sites (tertiary alicyclic amines) is 1. The highest BCUT2D eigenvalue weighted by Crippen LogP contribution is 2.27. The van der Waals surface area contributed by atoms with Crippen molar-refractivity contribution in [2.45, 2.75) is 56.3 Å². The molecule has 0 radical (unpaired) electrons. The van der Waals surface area contributed by atoms with Gasteiger partial charge in [0.2, 0.25) is 11.8 Å². The summed E-state index contributed by atoms with van der Waals surface area (Å²) in [7, 11) is 1.66. The summed E-state index contributed by atoms with van der Waals surface area (Å²) in [6, 6.07) is 5.23. The topological polar surface area (TPSA) is 91.0 Å². The number of amides is 3. The van der Waals surface area contributed by atoms with Crippen molar-refractivity contribution in [1.82, 2.24) is 20.4 Å². The molecular weight excluding hydrogens is 415 g/mol. The summed E-state index contributed by atoms with van der Waals surface area (Å²) in [6.07, 6.45) is 3.54. The van der Waals surface area contributed by atoms with Crippen LogP contribution in [0.25, 0.3) is 0 Å². The van der Waals surface area contributed by atoms with Gasteiger partial charge in [0.25, 0.3) is 5.91 Å². The number of fused-ring (bicyclic) bond motifs is 1. The summed E-state index contributed by atoms with van der Waals surface area (Å²) in [4.78, 5) is 41.8. The lowest BCUT2D eigenvalue weighted by molar-refractivity contribution is -0.133. The molecule has 1 aromatic carbocycles. The molecule has 4 atom stereocenters. The molecule has 8 nitrogen and oxygen atoms in total. The SMILES string of the molecule is COC[C@@H]1CCCN1C(=O)CC[C@@H]1CNC(=O)[C@@H]2C[C@H](NC(=O)c3cccc(F)c3)CN12. The number of hydrogen-bond acceptors (Lipinski definition) is 5. The first-order valence-corrected chi connectivity index (χ1v) is 11.3. The maximum atomic E-state index is 13.4. The Labute approximate surface area is 187 Å². The van der Waals surface area contributed by atoms with E-state index in [1.807, 2.05) is 4.90 Å². The Balaban J connectivity index is 1.34. The predicted octanol–water partition coefficient (Wildman–Crippen LogP) is 0.914. The second-order valence-corrected chi connectivity index (χ2v) is 8.91. The summed E-state index contributed by atoms with van der Waals surface area (Å²) in [6.45, 7) is 2.36. The Bertz CT molecular complexity index is 866. The predicted molar refractivity (Wildman–Crippen MR) is 115 cm³/mol. The summed E-state index contributed by atoms with van der Waals surface area (Å²) in [5, 5.41) is 5.88. The molecule has 174 valence electrons. The standard InChI is InChI=1S/C23H31FN4O4/c1-32-14-19-6-3-9-27(19)21(29)8-7-18-12-25-23(31)20-11-17(13-28(18)20)26-22(30)15-4-2-5-16(24)10-15/h2,4-5,10,17-20H,3,6-9,11-14H2,1H3,(H,25,31)(H,26,30)/t17-,18+,19-,20-/m0/s1. The van der Waals surface area contributed by atoms with Crippen LogP contribution < -0.4 is 10.6 Å². The zero-order valence-electron chi connectivity index (χ0n) is 18.4. The smallest absolute Gasteiger partial charge is 0.251 e. The normalized spacial score (nSPS) is 27.8. The number of piperazine rings is 1. The number of methoxy groups -OCH3 is 1. The second-order valence-electron chi connectivity index (χ2n) is 8.91. The van der Waals surface area contributed by atoms with E-state index < -0.39 is 5.82 Å². The second kappa shape index (κ2) is 9.95. The summed E-state index contributed by atoms with van der Waals surface area (Å²) >= 11 is 0. The number of carbonyl (C=O) groups excluding carboxylic acids is 3. The van der Waals surface area contributed by atoms with Crippen LogP contribution in [0.1, 0.15) is 42.5 Å². The van der Waals surface area contributed by atoms with Gasteiger partial charge in [0, 0.05) is 50.8 Å². The van der Waals surface area contributed by atoms with Crippen LogP contribution in [-0.2, 0) is 14.3 Å². The van der Waals surface area contributed by atoms with E-state index >= 15 is 0 Å². The molecule has 3 fully saturated rings. The Hall–Kier alpha value is -2.52. The lowest BCUT2D eigenvalue weighted by atomic mass is 10.0. The number of benzene rings is 1. The van der Waals surface area contributed by atoms with Gasteiger partial charge in [0.05, 0.1) is 18.7 Å². The van der Waals surface area contributed by atoms with Gasteiger partial charge in [0.15, 0.2) is 0 Å². The number of nitrogens with one attached hydrogen (secondary N) is 2. The van der Waals surface area contributed by atoms with Crippen LogP contribution in [0.3, 0.4) is 0 Å². The molecule has 0 bridgehead atoms. The summed E-state index contributed by atoms with van der Waals surface area (Å²) in [5.74, 6) is -0.723. The molecule has 0 aliphatic carbocycles. The summed E-state index contributed by atoms with van der Waals surface area (Å²) in [5.41, 5.74) is 0.262. The van der Waals surface area contributed by atoms with Crippen molar-refractivity contribution in [3.8, 4) is 0 Å². The molecule has 32 heavy (non-hydrogen) atoms. The Morgan fingerprint density at radius 2 is 2.16 bits per heavy atom. The fourth-order valence-corrected chi connectivity index (χ4v) is 5.21. The molecule has 0 unspecified atom stereocenters. The minimum absolute atomic E-state index is 0.0428. The van der Waals surface area contributed by atoms with Crippen LogP contribution in [-0.4, -0.2) is 85.0 Å². The zero-order chi connectivity index (χ0) is 22.7. The number of carbonyl (C=O) groups is 3. The lowest BCUT2D eigenvalue weighted by Gasteiger charge is -2.37. The number of nitrogens with zero attached hydrogens (tertiary/aromatic N) is 2. The maximum Gasteiger partial charge on any atom is 0.251 e. The molecule has 0 spiro atoms. The quantitative estimate of drug-likeness (QED) is 0.650. The van der Waals surface area contributed by atoms with Crippen molar-refractivity contribution in [3.05, 3.63) is 35.6 Å². The number of hydrogen-bond donors (Lipinski definition) is 2. The first-order valence-electron chi connectivity index (χ1n) is 11.3. The van der Waals surface area contributed by atoms with Crippen LogP contribution in [0.4, 0.5) is 4.39 Å². The maximum absolute atomic E-state index is 13.4. The van der Waals surface area contributed by atoms with Crippen molar-refractivity contribution in [2.24, 2.45) is 0 Å². The third-order valence-electron chi connectivity index (χ3n) is 6.79. The van der Waals surface area contributed by atoms with Gasteiger partial charge >= 0.3 is 0 Å². The van der Waals surface area contributed by atoms with Gasteiger partial charge in [-0.25, -0.2) is 4.39 Å². The van der Waals surface area contributed by atoms with E-state index in [0.29, 0.717) is 39.0 Å². The van der Waals surface area contributed by atoms with E-state index in [1.165, 1.54) is 18.2 Å². The summed E-state index contributed by atoms with van der Waals surface area (Å²) < 4.78 is 18.7. The van der Waals surface area contributed by atoms with Crippen molar-refractivity contribution >= 4 is 17.7 Å². The minimum atomic E-state index is -0.462. The molecular formula is C23H31FN4O4. The van der Waals surface area contributed by atoms with Gasteiger partial charge in [-0.05, 0) is 43.9 Å². The van der Waals surface area contributed by atoms with E-state index in [4.69, 9.17) is 4.74 Å². The average molecular weight is 447 g/mol. The monoisotopic (exact) mass is 446 g/mol. The Morgan fingerprint density at radius 3 is 2.94 bits per heavy atom. The highest BCUT2D eigenvalue weighted by atomic mass is 19.1. The Kier molecular flexibility index (Phi) is 7.05. The van der Waals surface area contributed by atoms with Crippen LogP contribution in [0.2, 0.25) is 0 Å². The molecule has 3 saturated heterocycles. The molecule has 3 aliphatic rings. The van der Waals surface area contributed by atoms with Crippen LogP contribution in [0.5, 0.6) is 0 Å². The van der Waals surface area contributed by atoms with Crippen LogP contribution in [0.15, 0.2) is 24.3 Å². The van der Waals surface area contributed by atoms with Crippen LogP contribution >= 0.6 is 0 Å². The fraction of sp³-hybridized carbons (Fsp3) is 0.609. The van der Waals surface area contributed by atoms with Crippen LogP contribution in [0, 0.1) is 5.82 Å². The average Bonchev–Trinajstić information content (AvgIpc) is 3.41. The number of rotatable bonds is 7. The molecule has 3 heterocycles. The molecule has 0 saturated carbocycles. The lowest BCUT2D eigenvalue weighted by Crippen LogP contribution is -2.58. The molecule has 2 N–H and O–H groups in total. The molecule has 3 amide bonds. The first-order chi connectivity index (χ1) is 15.5. The van der Waals surface area contributed by atoms with E-state index in [2.05, 4.69) is 15.5 Å². The number of ether oxygens (including phenoxy) is 1. The van der Waals surface area contributed by atoms with Gasteiger partial charge in [-0.1, -0.05) is 6.07 Å². The van der Waals surface area contributed by atoms with E-state index in [0.717, 1.165) is 19.4 Å². The molecule has 4 rings (SSSR count).